The quantitative estimate of drug-likeness (QED) is 0.897. The third-order valence-electron chi connectivity index (χ3n) is 3.88. The first-order chi connectivity index (χ1) is 9.05. The normalized spacial score (nSPS) is 22.8. The van der Waals surface area contributed by atoms with Crippen LogP contribution in [0.2, 0.25) is 0 Å². The molecule has 1 saturated heterocycles. The van der Waals surface area contributed by atoms with Crippen LogP contribution in [0.15, 0.2) is 24.3 Å². The van der Waals surface area contributed by atoms with Gasteiger partial charge in [0.25, 0.3) is 0 Å². The summed E-state index contributed by atoms with van der Waals surface area (Å²) in [5, 5.41) is 6.34. The molecule has 0 bridgehead atoms. The van der Waals surface area contributed by atoms with Crippen molar-refractivity contribution in [2.45, 2.75) is 26.3 Å². The Kier molecular flexibility index (Phi) is 5.84. The Hall–Kier alpha value is -1.26. The van der Waals surface area contributed by atoms with Gasteiger partial charge in [0.1, 0.15) is 5.75 Å². The molecule has 1 aromatic carbocycles. The number of amides is 1. The monoisotopic (exact) mass is 298 g/mol. The predicted octanol–water partition coefficient (Wildman–Crippen LogP) is 2.29. The van der Waals surface area contributed by atoms with E-state index in [1.165, 1.54) is 0 Å². The van der Waals surface area contributed by atoms with E-state index in [1.54, 1.807) is 7.11 Å². The lowest BCUT2D eigenvalue weighted by atomic mass is 9.88. The Morgan fingerprint density at radius 3 is 2.55 bits per heavy atom. The predicted molar refractivity (Wildman–Crippen MR) is 82.4 cm³/mol. The molecule has 1 fully saturated rings. The molecule has 0 radical (unpaired) electrons. The molecule has 2 unspecified atom stereocenters. The van der Waals surface area contributed by atoms with Crippen LogP contribution in [-0.2, 0) is 4.79 Å². The van der Waals surface area contributed by atoms with Gasteiger partial charge in [0, 0.05) is 6.54 Å². The highest BCUT2D eigenvalue weighted by Crippen LogP contribution is 2.26. The van der Waals surface area contributed by atoms with Gasteiger partial charge in [-0.25, -0.2) is 0 Å². The number of ether oxygens (including phenoxy) is 1. The van der Waals surface area contributed by atoms with Crippen LogP contribution in [-0.4, -0.2) is 26.1 Å². The average molecular weight is 299 g/mol. The molecule has 0 spiro atoms. The second-order valence-electron chi connectivity index (χ2n) is 5.46. The van der Waals surface area contributed by atoms with Crippen molar-refractivity contribution in [3.05, 3.63) is 29.8 Å². The van der Waals surface area contributed by atoms with Crippen molar-refractivity contribution in [3.63, 3.8) is 0 Å². The van der Waals surface area contributed by atoms with Gasteiger partial charge in [-0.3, -0.25) is 4.79 Å². The minimum absolute atomic E-state index is 0. The summed E-state index contributed by atoms with van der Waals surface area (Å²) in [5.41, 5.74) is 0.810. The molecule has 5 heteroatoms. The number of hydrogen-bond acceptors (Lipinski definition) is 3. The van der Waals surface area contributed by atoms with E-state index in [-0.39, 0.29) is 29.8 Å². The molecule has 1 aromatic rings. The van der Waals surface area contributed by atoms with Crippen molar-refractivity contribution in [2.24, 2.45) is 5.41 Å². The lowest BCUT2D eigenvalue weighted by Crippen LogP contribution is -2.41. The topological polar surface area (TPSA) is 50.4 Å². The summed E-state index contributed by atoms with van der Waals surface area (Å²) in [7, 11) is 1.65. The highest BCUT2D eigenvalue weighted by Gasteiger charge is 2.36. The van der Waals surface area contributed by atoms with Gasteiger partial charge < -0.3 is 15.4 Å². The van der Waals surface area contributed by atoms with Crippen LogP contribution in [0.25, 0.3) is 0 Å². The lowest BCUT2D eigenvalue weighted by molar-refractivity contribution is -0.129. The molecule has 1 aliphatic rings. The average Bonchev–Trinajstić information content (AvgIpc) is 2.87. The summed E-state index contributed by atoms with van der Waals surface area (Å²) >= 11 is 0. The number of carbonyl (C=O) groups excluding carboxylic acids is 1. The van der Waals surface area contributed by atoms with Crippen LogP contribution >= 0.6 is 12.4 Å². The van der Waals surface area contributed by atoms with E-state index in [9.17, 15) is 4.79 Å². The van der Waals surface area contributed by atoms with Gasteiger partial charge in [-0.2, -0.15) is 0 Å². The molecule has 0 aromatic heterocycles. The molecule has 1 heterocycles. The van der Waals surface area contributed by atoms with Gasteiger partial charge in [0.15, 0.2) is 0 Å². The number of halogens is 1. The molecule has 4 nitrogen and oxygen atoms in total. The van der Waals surface area contributed by atoms with Gasteiger partial charge in [0.2, 0.25) is 5.91 Å². The summed E-state index contributed by atoms with van der Waals surface area (Å²) in [6.07, 6.45) is 0.897. The molecule has 2 atom stereocenters. The maximum Gasteiger partial charge on any atom is 0.227 e. The van der Waals surface area contributed by atoms with Crippen LogP contribution in [0.1, 0.15) is 31.9 Å². The van der Waals surface area contributed by atoms with Crippen molar-refractivity contribution in [1.29, 1.82) is 0 Å². The number of methoxy groups -OCH3 is 1. The van der Waals surface area contributed by atoms with Crippen LogP contribution in [0.4, 0.5) is 0 Å². The largest absolute Gasteiger partial charge is 0.497 e. The van der Waals surface area contributed by atoms with Gasteiger partial charge >= 0.3 is 0 Å². The third-order valence-corrected chi connectivity index (χ3v) is 3.88. The zero-order chi connectivity index (χ0) is 13.9. The summed E-state index contributed by atoms with van der Waals surface area (Å²) in [6.45, 7) is 5.70. The summed E-state index contributed by atoms with van der Waals surface area (Å²) in [6, 6.07) is 7.81. The first-order valence-electron chi connectivity index (χ1n) is 6.71. The Morgan fingerprint density at radius 1 is 1.40 bits per heavy atom. The van der Waals surface area contributed by atoms with E-state index >= 15 is 0 Å². The van der Waals surface area contributed by atoms with Crippen LogP contribution in [0.5, 0.6) is 5.75 Å². The van der Waals surface area contributed by atoms with Crippen LogP contribution < -0.4 is 15.4 Å². The summed E-state index contributed by atoms with van der Waals surface area (Å²) in [5.74, 6) is 0.954. The first kappa shape index (κ1) is 16.8. The van der Waals surface area contributed by atoms with Gasteiger partial charge in [-0.15, -0.1) is 12.4 Å². The molecule has 112 valence electrons. The first-order valence-corrected chi connectivity index (χ1v) is 6.71. The van der Waals surface area contributed by atoms with Crippen molar-refractivity contribution in [1.82, 2.24) is 10.6 Å². The van der Waals surface area contributed by atoms with Crippen LogP contribution in [0.3, 0.4) is 0 Å². The third kappa shape index (κ3) is 3.64. The SMILES string of the molecule is COc1ccc(C(C)NC(=O)C2(C)CCNC2)cc1.Cl. The summed E-state index contributed by atoms with van der Waals surface area (Å²) < 4.78 is 5.13. The van der Waals surface area contributed by atoms with E-state index in [1.807, 2.05) is 38.1 Å². The second-order valence-corrected chi connectivity index (χ2v) is 5.46. The van der Waals surface area contributed by atoms with Gasteiger partial charge in [-0.05, 0) is 44.5 Å². The van der Waals surface area contributed by atoms with E-state index < -0.39 is 0 Å². The maximum absolute atomic E-state index is 12.3. The Balaban J connectivity index is 0.00000200. The number of benzene rings is 1. The Morgan fingerprint density at radius 2 is 2.05 bits per heavy atom. The van der Waals surface area contributed by atoms with Crippen LogP contribution in [0, 0.1) is 5.41 Å². The zero-order valence-corrected chi connectivity index (χ0v) is 13.0. The van der Waals surface area contributed by atoms with Gasteiger partial charge in [-0.1, -0.05) is 12.1 Å². The highest BCUT2D eigenvalue weighted by atomic mass is 35.5. The maximum atomic E-state index is 12.3. The standard InChI is InChI=1S/C15H22N2O2.ClH/c1-11(12-4-6-13(19-3)7-5-12)17-14(18)15(2)8-9-16-10-15;/h4-7,11,16H,8-10H2,1-3H3,(H,17,18);1H. The molecule has 0 aliphatic carbocycles. The van der Waals surface area contributed by atoms with E-state index in [0.29, 0.717) is 0 Å². The number of hydrogen-bond donors (Lipinski definition) is 2. The fourth-order valence-corrected chi connectivity index (χ4v) is 2.36. The van der Waals surface area contributed by atoms with Crippen molar-refractivity contribution >= 4 is 18.3 Å². The molecule has 20 heavy (non-hydrogen) atoms. The molecular formula is C15H23ClN2O2. The second kappa shape index (κ2) is 6.95. The smallest absolute Gasteiger partial charge is 0.227 e. The Labute approximate surface area is 126 Å². The molecule has 1 amide bonds. The molecule has 0 saturated carbocycles. The van der Waals surface area contributed by atoms with E-state index in [2.05, 4.69) is 10.6 Å². The van der Waals surface area contributed by atoms with E-state index in [0.717, 1.165) is 30.8 Å². The fourth-order valence-electron chi connectivity index (χ4n) is 2.36. The fraction of sp³-hybridized carbons (Fsp3) is 0.533. The number of nitrogens with one attached hydrogen (secondary N) is 2. The molecule has 2 N–H and O–H groups in total. The lowest BCUT2D eigenvalue weighted by Gasteiger charge is -2.24. The molecule has 1 aliphatic heterocycles. The number of rotatable bonds is 4. The Bertz CT molecular complexity index is 442. The van der Waals surface area contributed by atoms with Crippen molar-refractivity contribution < 1.29 is 9.53 Å². The number of carbonyl (C=O) groups is 1. The molecule has 2 rings (SSSR count). The minimum atomic E-state index is -0.277. The highest BCUT2D eigenvalue weighted by molar-refractivity contribution is 5.85. The van der Waals surface area contributed by atoms with Crippen molar-refractivity contribution in [3.8, 4) is 5.75 Å². The zero-order valence-electron chi connectivity index (χ0n) is 12.2. The van der Waals surface area contributed by atoms with E-state index in [4.69, 9.17) is 4.74 Å². The molecular weight excluding hydrogens is 276 g/mol. The minimum Gasteiger partial charge on any atom is -0.497 e. The summed E-state index contributed by atoms with van der Waals surface area (Å²) in [4.78, 5) is 12.3. The van der Waals surface area contributed by atoms with Gasteiger partial charge in [0.05, 0.1) is 18.6 Å². The van der Waals surface area contributed by atoms with Crippen molar-refractivity contribution in [2.75, 3.05) is 20.2 Å².